The van der Waals surface area contributed by atoms with Crippen LogP contribution in [0.15, 0.2) is 0 Å². The van der Waals surface area contributed by atoms with E-state index in [0.29, 0.717) is 0 Å². The summed E-state index contributed by atoms with van der Waals surface area (Å²) in [7, 11) is 1.00. The average Bonchev–Trinajstić information content (AvgIpc) is 1.72. The normalized spacial score (nSPS) is 5.14. The number of hydrogen-bond donors (Lipinski definition) is 1. The van der Waals surface area contributed by atoms with Gasteiger partial charge in [-0.25, -0.2) is 0 Å². The lowest BCUT2D eigenvalue weighted by molar-refractivity contribution is 0.399. The number of aliphatic hydroxyl groups excluding tert-OH is 1. The van der Waals surface area contributed by atoms with Crippen LogP contribution in [-0.4, -0.2) is 12.2 Å². The van der Waals surface area contributed by atoms with E-state index < -0.39 is 0 Å². The van der Waals surface area contributed by atoms with Crippen LogP contribution < -0.4 is 0 Å². The van der Waals surface area contributed by atoms with E-state index in [-0.39, 0.29) is 13.5 Å². The molecule has 0 saturated carbocycles. The van der Waals surface area contributed by atoms with Gasteiger partial charge in [0.2, 0.25) is 0 Å². The fourth-order valence-electron chi connectivity index (χ4n) is 0. The molecule has 0 aliphatic carbocycles. The molecule has 0 fully saturated rings. The monoisotopic (exact) mass is 124 g/mol. The van der Waals surface area contributed by atoms with E-state index >= 15 is 0 Å². The molecule has 0 aromatic carbocycles. The minimum absolute atomic E-state index is 0. The van der Waals surface area contributed by atoms with Crippen LogP contribution in [0.5, 0.6) is 0 Å². The molecule has 0 radical (unpaired) electrons. The van der Waals surface area contributed by atoms with Crippen LogP contribution in [0.4, 0.5) is 0 Å². The third-order valence-electron chi connectivity index (χ3n) is 0.500. The first-order valence-electron chi connectivity index (χ1n) is 2.36. The fraction of sp³-hybridized carbons (Fsp3) is 1.00. The zero-order valence-electron chi connectivity index (χ0n) is 5.36. The van der Waals surface area contributed by atoms with Crippen molar-refractivity contribution in [2.45, 2.75) is 26.7 Å². The second-order valence-electron chi connectivity index (χ2n) is 1.000. The Hall–Kier alpha value is 0.310. The summed E-state index contributed by atoms with van der Waals surface area (Å²) in [6.07, 6.45) is 2.64. The van der Waals surface area contributed by atoms with Gasteiger partial charge in [-0.2, -0.15) is 13.5 Å². The predicted octanol–water partition coefficient (Wildman–Crippen LogP) is 1.53. The molecule has 2 heteroatoms. The number of unbranched alkanes of at least 4 members (excludes halogenated alkanes) is 1. The van der Waals surface area contributed by atoms with Crippen LogP contribution in [0, 0.1) is 0 Å². The molecular formula is C5H16OS. The summed E-state index contributed by atoms with van der Waals surface area (Å²) in [5.74, 6) is 0. The molecule has 1 N–H and O–H groups in total. The Bertz CT molecular complexity index is 10.0. The Morgan fingerprint density at radius 3 is 1.14 bits per heavy atom. The van der Waals surface area contributed by atoms with Crippen LogP contribution in [-0.2, 0) is 0 Å². The number of hydrogen-bond acceptors (Lipinski definition) is 1. The Labute approximate surface area is 53.2 Å². The van der Waals surface area contributed by atoms with Crippen LogP contribution >= 0.6 is 13.5 Å². The lowest BCUT2D eigenvalue weighted by Gasteiger charge is -1.68. The Morgan fingerprint density at radius 1 is 1.00 bits per heavy atom. The van der Waals surface area contributed by atoms with Gasteiger partial charge in [-0.15, -0.1) is 0 Å². The van der Waals surface area contributed by atoms with Crippen molar-refractivity contribution in [2.24, 2.45) is 0 Å². The van der Waals surface area contributed by atoms with Gasteiger partial charge in [0.15, 0.2) is 0 Å². The highest BCUT2D eigenvalue weighted by Crippen LogP contribution is 1.76. The third-order valence-corrected chi connectivity index (χ3v) is 0.500. The standard InChI is InChI=1S/C4H10.CH4O.H2S/c1-3-4-2;1-2;/h3-4H2,1-2H3;2H,1H3;1H2. The van der Waals surface area contributed by atoms with Gasteiger partial charge in [0, 0.05) is 7.11 Å². The SMILES string of the molecule is CCCC.CO.S. The maximum Gasteiger partial charge on any atom is 0.0319 e. The molecule has 0 amide bonds. The minimum Gasteiger partial charge on any atom is -0.400 e. The molecule has 0 atom stereocenters. The highest BCUT2D eigenvalue weighted by Gasteiger charge is 1.56. The average molecular weight is 124 g/mol. The van der Waals surface area contributed by atoms with Crippen molar-refractivity contribution in [2.75, 3.05) is 7.11 Å². The van der Waals surface area contributed by atoms with Crippen LogP contribution in [0.2, 0.25) is 0 Å². The molecule has 0 bridgehead atoms. The van der Waals surface area contributed by atoms with Crippen LogP contribution in [0.3, 0.4) is 0 Å². The van der Waals surface area contributed by atoms with Crippen LogP contribution in [0.25, 0.3) is 0 Å². The Morgan fingerprint density at radius 2 is 1.14 bits per heavy atom. The molecule has 0 aromatic heterocycles. The summed E-state index contributed by atoms with van der Waals surface area (Å²) in [6.45, 7) is 4.36. The summed E-state index contributed by atoms with van der Waals surface area (Å²) in [5.41, 5.74) is 0. The molecule has 0 unspecified atom stereocenters. The molecule has 48 valence electrons. The Balaban J connectivity index is -0.0000000480. The van der Waals surface area contributed by atoms with Gasteiger partial charge in [-0.1, -0.05) is 26.7 Å². The smallest absolute Gasteiger partial charge is 0.0319 e. The van der Waals surface area contributed by atoms with E-state index in [2.05, 4.69) is 13.8 Å². The highest BCUT2D eigenvalue weighted by molar-refractivity contribution is 7.59. The first kappa shape index (κ1) is 15.7. The molecule has 0 rings (SSSR count). The molecule has 0 spiro atoms. The van der Waals surface area contributed by atoms with Gasteiger partial charge in [-0.05, 0) is 0 Å². The topological polar surface area (TPSA) is 20.2 Å². The molecule has 1 nitrogen and oxygen atoms in total. The van der Waals surface area contributed by atoms with Gasteiger partial charge in [-0.3, -0.25) is 0 Å². The molecule has 0 aromatic rings. The van der Waals surface area contributed by atoms with E-state index in [1.807, 2.05) is 0 Å². The number of aliphatic hydroxyl groups is 1. The minimum atomic E-state index is 0. The van der Waals surface area contributed by atoms with E-state index in [0.717, 1.165) is 7.11 Å². The largest absolute Gasteiger partial charge is 0.400 e. The van der Waals surface area contributed by atoms with E-state index in [4.69, 9.17) is 5.11 Å². The van der Waals surface area contributed by atoms with Gasteiger partial charge in [0.1, 0.15) is 0 Å². The summed E-state index contributed by atoms with van der Waals surface area (Å²) in [4.78, 5) is 0. The summed E-state index contributed by atoms with van der Waals surface area (Å²) in [5, 5.41) is 7.00. The summed E-state index contributed by atoms with van der Waals surface area (Å²) >= 11 is 0. The van der Waals surface area contributed by atoms with Crippen molar-refractivity contribution < 1.29 is 5.11 Å². The van der Waals surface area contributed by atoms with Crippen molar-refractivity contribution in [3.05, 3.63) is 0 Å². The van der Waals surface area contributed by atoms with Crippen molar-refractivity contribution in [1.29, 1.82) is 0 Å². The molecular weight excluding hydrogens is 108 g/mol. The van der Waals surface area contributed by atoms with Crippen molar-refractivity contribution in [3.63, 3.8) is 0 Å². The molecule has 7 heavy (non-hydrogen) atoms. The first-order chi connectivity index (χ1) is 2.91. The lowest BCUT2D eigenvalue weighted by atomic mass is 10.4. The van der Waals surface area contributed by atoms with Gasteiger partial charge in [0.25, 0.3) is 0 Å². The molecule has 0 aliphatic rings. The maximum absolute atomic E-state index is 7.00. The third kappa shape index (κ3) is 68.3. The molecule has 0 aliphatic heterocycles. The molecule has 0 saturated heterocycles. The summed E-state index contributed by atoms with van der Waals surface area (Å²) in [6, 6.07) is 0. The second-order valence-corrected chi connectivity index (χ2v) is 1.000. The van der Waals surface area contributed by atoms with E-state index in [1.165, 1.54) is 12.8 Å². The molecule has 0 heterocycles. The zero-order chi connectivity index (χ0) is 5.41. The van der Waals surface area contributed by atoms with E-state index in [1.54, 1.807) is 0 Å². The first-order valence-corrected chi connectivity index (χ1v) is 2.36. The highest BCUT2D eigenvalue weighted by atomic mass is 32.1. The van der Waals surface area contributed by atoms with Crippen LogP contribution in [0.1, 0.15) is 26.7 Å². The van der Waals surface area contributed by atoms with Crippen molar-refractivity contribution in [3.8, 4) is 0 Å². The predicted molar refractivity (Wildman–Crippen MR) is 39.1 cm³/mol. The van der Waals surface area contributed by atoms with Crippen molar-refractivity contribution in [1.82, 2.24) is 0 Å². The second kappa shape index (κ2) is 33.3. The quantitative estimate of drug-likeness (QED) is 0.562. The zero-order valence-corrected chi connectivity index (χ0v) is 6.36. The Kier molecular flexibility index (Phi) is 74.6. The van der Waals surface area contributed by atoms with Gasteiger partial charge >= 0.3 is 0 Å². The lowest BCUT2D eigenvalue weighted by Crippen LogP contribution is -1.47. The van der Waals surface area contributed by atoms with Gasteiger partial charge < -0.3 is 5.11 Å². The fourth-order valence-corrected chi connectivity index (χ4v) is 0. The maximum atomic E-state index is 7.00. The number of rotatable bonds is 1. The van der Waals surface area contributed by atoms with E-state index in [9.17, 15) is 0 Å². The van der Waals surface area contributed by atoms with Gasteiger partial charge in [0.05, 0.1) is 0 Å². The van der Waals surface area contributed by atoms with Crippen molar-refractivity contribution >= 4 is 13.5 Å². The summed E-state index contributed by atoms with van der Waals surface area (Å²) < 4.78 is 0.